The third kappa shape index (κ3) is 3.79. The maximum absolute atomic E-state index is 6.06. The lowest BCUT2D eigenvalue weighted by molar-refractivity contribution is 0.456. The molecule has 2 nitrogen and oxygen atoms in total. The van der Waals surface area contributed by atoms with Gasteiger partial charge in [-0.05, 0) is 48.7 Å². The minimum absolute atomic E-state index is 0.284. The van der Waals surface area contributed by atoms with E-state index in [2.05, 4.69) is 30.2 Å². The molecule has 2 rings (SSSR count). The van der Waals surface area contributed by atoms with E-state index in [0.29, 0.717) is 6.04 Å². The molecule has 1 aromatic heterocycles. The van der Waals surface area contributed by atoms with Crippen molar-refractivity contribution < 1.29 is 0 Å². The highest BCUT2D eigenvalue weighted by molar-refractivity contribution is 6.30. The molecular formula is C16H19ClN2. The predicted molar refractivity (Wildman–Crippen MR) is 80.3 cm³/mol. The number of nitrogens with zero attached hydrogens (tertiary/aromatic N) is 1. The number of rotatable bonds is 5. The molecule has 1 aromatic carbocycles. The van der Waals surface area contributed by atoms with Gasteiger partial charge in [0.05, 0.1) is 0 Å². The van der Waals surface area contributed by atoms with Crippen molar-refractivity contribution in [2.75, 3.05) is 0 Å². The molecule has 100 valence electrons. The highest BCUT2D eigenvalue weighted by atomic mass is 35.5. The summed E-state index contributed by atoms with van der Waals surface area (Å²) in [5, 5.41) is 4.43. The number of hydrogen-bond acceptors (Lipinski definition) is 2. The van der Waals surface area contributed by atoms with Gasteiger partial charge in [-0.1, -0.05) is 30.7 Å². The van der Waals surface area contributed by atoms with E-state index in [1.165, 1.54) is 11.1 Å². The van der Waals surface area contributed by atoms with Crippen LogP contribution in [0, 0.1) is 0 Å². The summed E-state index contributed by atoms with van der Waals surface area (Å²) in [5.74, 6) is 0. The van der Waals surface area contributed by atoms with Crippen LogP contribution in [0.4, 0.5) is 0 Å². The third-order valence-corrected chi connectivity index (χ3v) is 3.55. The highest BCUT2D eigenvalue weighted by Crippen LogP contribution is 2.23. The van der Waals surface area contributed by atoms with Crippen molar-refractivity contribution in [3.05, 3.63) is 64.9 Å². The third-order valence-electron chi connectivity index (χ3n) is 3.32. The van der Waals surface area contributed by atoms with Gasteiger partial charge in [0.2, 0.25) is 0 Å². The summed E-state index contributed by atoms with van der Waals surface area (Å²) in [6, 6.07) is 12.7. The smallest absolute Gasteiger partial charge is 0.0409 e. The molecule has 0 aliphatic carbocycles. The number of aromatic nitrogens is 1. The Morgan fingerprint density at radius 1 is 1.16 bits per heavy atom. The molecule has 19 heavy (non-hydrogen) atoms. The molecule has 0 aliphatic heterocycles. The molecule has 1 heterocycles. The Kier molecular flexibility index (Phi) is 4.94. The zero-order chi connectivity index (χ0) is 13.7. The van der Waals surface area contributed by atoms with E-state index in [-0.39, 0.29) is 6.04 Å². The topological polar surface area (TPSA) is 24.9 Å². The molecule has 0 saturated carbocycles. The molecule has 0 aliphatic rings. The molecule has 1 N–H and O–H groups in total. The molecular weight excluding hydrogens is 256 g/mol. The molecule has 0 saturated heterocycles. The van der Waals surface area contributed by atoms with Crippen LogP contribution in [0.15, 0.2) is 48.8 Å². The Morgan fingerprint density at radius 2 is 1.89 bits per heavy atom. The van der Waals surface area contributed by atoms with E-state index >= 15 is 0 Å². The van der Waals surface area contributed by atoms with Crippen molar-refractivity contribution in [1.82, 2.24) is 10.3 Å². The maximum Gasteiger partial charge on any atom is 0.0409 e. The van der Waals surface area contributed by atoms with E-state index < -0.39 is 0 Å². The first-order valence-electron chi connectivity index (χ1n) is 6.62. The van der Waals surface area contributed by atoms with Crippen molar-refractivity contribution in [3.8, 4) is 0 Å². The minimum atomic E-state index is 0.284. The van der Waals surface area contributed by atoms with Gasteiger partial charge in [0, 0.05) is 29.5 Å². The fourth-order valence-electron chi connectivity index (χ4n) is 2.22. The fourth-order valence-corrected chi connectivity index (χ4v) is 2.42. The average molecular weight is 275 g/mol. The molecule has 2 unspecified atom stereocenters. The summed E-state index contributed by atoms with van der Waals surface area (Å²) in [6.07, 6.45) is 4.68. The van der Waals surface area contributed by atoms with E-state index in [9.17, 15) is 0 Å². The van der Waals surface area contributed by atoms with Gasteiger partial charge in [-0.2, -0.15) is 0 Å². The zero-order valence-electron chi connectivity index (χ0n) is 11.3. The Labute approximate surface area is 119 Å². The van der Waals surface area contributed by atoms with Gasteiger partial charge in [-0.3, -0.25) is 4.98 Å². The van der Waals surface area contributed by atoms with E-state index in [1.54, 1.807) is 0 Å². The van der Waals surface area contributed by atoms with Crippen molar-refractivity contribution in [1.29, 1.82) is 0 Å². The van der Waals surface area contributed by atoms with Crippen molar-refractivity contribution in [2.24, 2.45) is 0 Å². The van der Waals surface area contributed by atoms with Crippen LogP contribution in [0.3, 0.4) is 0 Å². The van der Waals surface area contributed by atoms with Gasteiger partial charge in [0.15, 0.2) is 0 Å². The SMILES string of the molecule is CCC(NC(C)c1ccncc1)c1cccc(Cl)c1. The monoisotopic (exact) mass is 274 g/mol. The van der Waals surface area contributed by atoms with Crippen LogP contribution in [-0.4, -0.2) is 4.98 Å². The van der Waals surface area contributed by atoms with Crippen LogP contribution < -0.4 is 5.32 Å². The maximum atomic E-state index is 6.06. The van der Waals surface area contributed by atoms with Gasteiger partial charge in [0.1, 0.15) is 0 Å². The summed E-state index contributed by atoms with van der Waals surface area (Å²) in [4.78, 5) is 4.05. The first-order valence-corrected chi connectivity index (χ1v) is 7.00. The van der Waals surface area contributed by atoms with Crippen LogP contribution in [0.2, 0.25) is 5.02 Å². The Bertz CT molecular complexity index is 513. The van der Waals surface area contributed by atoms with Crippen molar-refractivity contribution in [3.63, 3.8) is 0 Å². The zero-order valence-corrected chi connectivity index (χ0v) is 12.1. The molecule has 0 fully saturated rings. The standard InChI is InChI=1S/C16H19ClN2/c1-3-16(14-5-4-6-15(17)11-14)19-12(2)13-7-9-18-10-8-13/h4-12,16,19H,3H2,1-2H3. The normalized spacial score (nSPS) is 14.1. The van der Waals surface area contributed by atoms with E-state index in [1.807, 2.05) is 42.7 Å². The van der Waals surface area contributed by atoms with Crippen LogP contribution in [0.5, 0.6) is 0 Å². The Morgan fingerprint density at radius 3 is 2.53 bits per heavy atom. The second-order valence-corrected chi connectivity index (χ2v) is 5.12. The van der Waals surface area contributed by atoms with E-state index in [4.69, 9.17) is 11.6 Å². The summed E-state index contributed by atoms with van der Waals surface area (Å²) >= 11 is 6.06. The minimum Gasteiger partial charge on any atom is -0.303 e. The van der Waals surface area contributed by atoms with Gasteiger partial charge in [-0.15, -0.1) is 0 Å². The quantitative estimate of drug-likeness (QED) is 0.866. The molecule has 0 amide bonds. The second kappa shape index (κ2) is 6.69. The van der Waals surface area contributed by atoms with Gasteiger partial charge in [-0.25, -0.2) is 0 Å². The second-order valence-electron chi connectivity index (χ2n) is 4.68. The van der Waals surface area contributed by atoms with Gasteiger partial charge >= 0.3 is 0 Å². The Balaban J connectivity index is 2.11. The molecule has 0 spiro atoms. The van der Waals surface area contributed by atoms with Crippen LogP contribution in [0.25, 0.3) is 0 Å². The number of nitrogens with one attached hydrogen (secondary N) is 1. The largest absolute Gasteiger partial charge is 0.303 e. The predicted octanol–water partition coefficient (Wildman–Crippen LogP) is 4.54. The first-order chi connectivity index (χ1) is 9.20. The van der Waals surface area contributed by atoms with Crippen molar-refractivity contribution >= 4 is 11.6 Å². The molecule has 2 aromatic rings. The van der Waals surface area contributed by atoms with Crippen LogP contribution in [-0.2, 0) is 0 Å². The number of benzene rings is 1. The number of pyridine rings is 1. The first kappa shape index (κ1) is 14.0. The molecule has 0 bridgehead atoms. The molecule has 2 atom stereocenters. The fraction of sp³-hybridized carbons (Fsp3) is 0.312. The lowest BCUT2D eigenvalue weighted by Gasteiger charge is -2.23. The van der Waals surface area contributed by atoms with E-state index in [0.717, 1.165) is 11.4 Å². The summed E-state index contributed by atoms with van der Waals surface area (Å²) in [5.41, 5.74) is 2.48. The summed E-state index contributed by atoms with van der Waals surface area (Å²) < 4.78 is 0. The van der Waals surface area contributed by atoms with Gasteiger partial charge < -0.3 is 5.32 Å². The van der Waals surface area contributed by atoms with Crippen LogP contribution in [0.1, 0.15) is 43.5 Å². The average Bonchev–Trinajstić information content (AvgIpc) is 2.45. The number of hydrogen-bond donors (Lipinski definition) is 1. The highest BCUT2D eigenvalue weighted by Gasteiger charge is 2.13. The van der Waals surface area contributed by atoms with Gasteiger partial charge in [0.25, 0.3) is 0 Å². The summed E-state index contributed by atoms with van der Waals surface area (Å²) in [7, 11) is 0. The number of halogens is 1. The molecule has 0 radical (unpaired) electrons. The molecule has 3 heteroatoms. The summed E-state index contributed by atoms with van der Waals surface area (Å²) in [6.45, 7) is 4.35. The van der Waals surface area contributed by atoms with Crippen LogP contribution >= 0.6 is 11.6 Å². The Hall–Kier alpha value is -1.38. The van der Waals surface area contributed by atoms with Crippen molar-refractivity contribution in [2.45, 2.75) is 32.4 Å². The lowest BCUT2D eigenvalue weighted by atomic mass is 10.0. The lowest BCUT2D eigenvalue weighted by Crippen LogP contribution is -2.24.